The first-order valence-electron chi connectivity index (χ1n) is 30.8. The number of hydrogen-bond donors (Lipinski definition) is 3. The average Bonchev–Trinajstić information content (AvgIpc) is 0.882. The van der Waals surface area contributed by atoms with Gasteiger partial charge in [-0.05, 0) is 100 Å². The number of aliphatic carboxylic acids is 1. The van der Waals surface area contributed by atoms with Crippen molar-refractivity contribution in [2.75, 3.05) is 24.3 Å². The molecular formula is C34H40Br2N4O5S100. The van der Waals surface area contributed by atoms with Crippen molar-refractivity contribution in [3.8, 4) is 11.5 Å². The monoisotopic (exact) mass is 3940 g/mol. The van der Waals surface area contributed by atoms with Gasteiger partial charge in [-0.2, -0.15) is 0 Å². The lowest BCUT2D eigenvalue weighted by molar-refractivity contribution is -0.137. The summed E-state index contributed by atoms with van der Waals surface area (Å²) in [4.78, 5) is 30.1. The standard InChI is InChI=1S/C17H19BrN2O2.C11H13BrO3.C6H8N2.S57.S43/c1-13-11-15(8-9-19-13)20-17(21)7-2-3-10-22-16-6-4-5-14(18)12-16;12-9-4-3-5-10(8-9)15-7-2-1-6-11(13)14;1-5-4-6(7)2-3-8-5;1-3-5-7-9-11-13-15-17-19-21-23-25-27-29-31-33-35-37-39-41-43-45-47-49-51-53-55-57-56-54-52-50-48-46-44-42-40-38-36-34-32-30-28-26-24-22-20-18-16-14-12-10-8-6-4-2;1-3-5-7-9-11-13-15-17-19-21-23-25-27-29-31-33-35-37-39-41-43-42-40-38-36-34-32-30-28-26-24-22-20-18-16-14-12-10-8-6-4-2/h4-6,8-9,11-12H,2-3,7,10H2,1H3,(H,19,20,21);3-5,8H,1-2,6-7H2,(H,13,14);2-4H,1H3,(H2,7,8);;. The number of rotatable bonds is 13. The summed E-state index contributed by atoms with van der Waals surface area (Å²) in [6.07, 6.45) is 7.15. The van der Waals surface area contributed by atoms with Gasteiger partial charge >= 0.3 is 5.97 Å². The molecule has 0 bridgehead atoms. The van der Waals surface area contributed by atoms with Gasteiger partial charge in [0, 0.05) is 954 Å². The topological polar surface area (TPSA) is 137 Å². The Morgan fingerprint density at radius 2 is 0.455 bits per heavy atom. The van der Waals surface area contributed by atoms with Crippen LogP contribution in [-0.4, -0.2) is 40.2 Å². The number of carboxylic acid groups (broad SMARTS) is 1. The highest BCUT2D eigenvalue weighted by atomic mass is 79.9. The largest absolute Gasteiger partial charge is 0.494 e. The van der Waals surface area contributed by atoms with Gasteiger partial charge in [0.05, 0.1) is 13.2 Å². The van der Waals surface area contributed by atoms with E-state index in [-0.39, 0.29) is 12.3 Å². The van der Waals surface area contributed by atoms with Gasteiger partial charge in [-0.1, -0.05) is 44.0 Å². The number of hydrogen-bond acceptors (Lipinski definition) is 11. The highest BCUT2D eigenvalue weighted by Crippen LogP contribution is 2.19. The molecule has 0 aliphatic rings. The lowest BCUT2D eigenvalue weighted by Crippen LogP contribution is -2.11. The number of nitrogen functional groups attached to an aromatic ring is 1. The van der Waals surface area contributed by atoms with Gasteiger partial charge in [-0.15, -0.1) is 0 Å². The Balaban J connectivity index is 0.00000203. The van der Waals surface area contributed by atoms with E-state index >= 15 is 0 Å². The molecule has 4 rings (SSSR count). The number of benzene rings is 2. The molecule has 0 fully saturated rings. The number of aryl methyl sites for hydroxylation is 2. The Bertz CT molecular complexity index is 9750. The minimum Gasteiger partial charge on any atom is -0.494 e. The molecule has 2 heterocycles. The third-order valence-corrected chi connectivity index (χ3v) is 218. The Kier molecular flexibility index (Phi) is 162. The number of amides is 1. The van der Waals surface area contributed by atoms with Crippen molar-refractivity contribution >= 4 is 952 Å². The van der Waals surface area contributed by atoms with Crippen LogP contribution in [0.5, 0.6) is 11.5 Å². The number of nitrogens with one attached hydrogen (secondary N) is 1. The molecule has 4 N–H and O–H groups in total. The first-order valence-corrected chi connectivity index (χ1v) is 163. The zero-order valence-electron chi connectivity index (χ0n) is 66.4. The third kappa shape index (κ3) is 140. The third-order valence-electron chi connectivity index (χ3n) is 8.43. The quantitative estimate of drug-likeness (QED) is 0.112. The van der Waals surface area contributed by atoms with Crippen molar-refractivity contribution < 1.29 is 24.2 Å². The van der Waals surface area contributed by atoms with Crippen molar-refractivity contribution in [1.82, 2.24) is 9.97 Å². The van der Waals surface area contributed by atoms with E-state index in [4.69, 9.17) is 65.1 Å². The van der Waals surface area contributed by atoms with E-state index in [1.54, 1.807) is 238 Å². The fourth-order valence-corrected chi connectivity index (χ4v) is 258. The Hall–Kier alpha value is 18.0. The van der Waals surface area contributed by atoms with Crippen LogP contribution in [0.15, 0.2) is 94.1 Å². The van der Waals surface area contributed by atoms with Crippen molar-refractivity contribution in [3.63, 3.8) is 0 Å². The van der Waals surface area contributed by atoms with Crippen LogP contribution in [0.2, 0.25) is 0 Å². The second-order valence-corrected chi connectivity index (χ2v) is 188. The molecule has 840 valence electrons. The van der Waals surface area contributed by atoms with Crippen LogP contribution in [0.25, 0.3) is 0 Å². The predicted molar refractivity (Wildman–Crippen MR) is 922 cm³/mol. The number of carbonyl (C=O) groups excluding carboxylic acids is 1. The van der Waals surface area contributed by atoms with Gasteiger partial charge in [0.1, 0.15) is 11.5 Å². The number of unbranched alkanes of at least 4 members (excludes halogenated alkanes) is 2. The first-order chi connectivity index (χ1) is 71.4. The van der Waals surface area contributed by atoms with Gasteiger partial charge in [-0.25, -0.2) is 0 Å². The maximum absolute atomic E-state index is 11.8. The summed E-state index contributed by atoms with van der Waals surface area (Å²) in [5.41, 5.74) is 8.84. The van der Waals surface area contributed by atoms with E-state index in [0.29, 0.717) is 26.1 Å². The van der Waals surface area contributed by atoms with Crippen LogP contribution in [0.1, 0.15) is 49.9 Å². The smallest absolute Gasteiger partial charge is 0.303 e. The number of halogens is 2. The van der Waals surface area contributed by atoms with Crippen molar-refractivity contribution in [2.45, 2.75) is 52.4 Å². The molecule has 0 aliphatic heterocycles. The minimum atomic E-state index is -0.752. The van der Waals surface area contributed by atoms with Crippen LogP contribution in [0.3, 0.4) is 0 Å². The molecule has 2 aromatic heterocycles. The Labute approximate surface area is 1150 Å². The second kappa shape index (κ2) is 144. The van der Waals surface area contributed by atoms with Gasteiger partial charge in [0.15, 0.2) is 0 Å². The molecule has 1 amide bonds. The van der Waals surface area contributed by atoms with E-state index in [9.17, 15) is 9.59 Å². The van der Waals surface area contributed by atoms with Gasteiger partial charge in [0.25, 0.3) is 0 Å². The van der Waals surface area contributed by atoms with Crippen LogP contribution in [-0.2, 0) is 907 Å². The van der Waals surface area contributed by atoms with E-state index in [2.05, 4.69) is 47.1 Å². The molecular weight excluding hydrogens is 3910 g/mol. The Morgan fingerprint density at radius 1 is 0.269 bits per heavy atom. The fraction of sp³-hybridized carbons (Fsp3) is 0.294. The maximum Gasteiger partial charge on any atom is 0.303 e. The van der Waals surface area contributed by atoms with E-state index < -0.39 is 5.97 Å². The molecule has 0 spiro atoms. The molecule has 2 aromatic carbocycles. The number of carbonyl (C=O) groups is 2. The molecule has 0 atom stereocenters. The summed E-state index contributed by atoms with van der Waals surface area (Å²) in [5, 5.41) is 11.3. The molecule has 145 heavy (non-hydrogen) atoms. The highest BCUT2D eigenvalue weighted by Gasteiger charge is 2.04. The molecule has 0 saturated heterocycles. The van der Waals surface area contributed by atoms with Crippen LogP contribution in [0, 0.1) is 13.8 Å². The predicted octanol–water partition coefficient (Wildman–Crippen LogP) is 8.16. The van der Waals surface area contributed by atoms with E-state index in [0.717, 1.165) is 62.5 Å². The van der Waals surface area contributed by atoms with Gasteiger partial charge < -0.3 is 25.6 Å². The summed E-state index contributed by atoms with van der Waals surface area (Å²) in [5.74, 6) is 0.913. The lowest BCUT2D eigenvalue weighted by Gasteiger charge is -2.07. The molecule has 111 heteroatoms. The van der Waals surface area contributed by atoms with E-state index in [1.165, 1.54) is 35.5 Å². The molecule has 0 radical (unpaired) electrons. The molecule has 4 aromatic rings. The lowest BCUT2D eigenvalue weighted by atomic mass is 10.2. The Morgan fingerprint density at radius 3 is 0.621 bits per heavy atom. The summed E-state index contributed by atoms with van der Waals surface area (Å²) < 4.78 is 13.1. The normalized spacial score (nSPS) is 8.44. The fourth-order valence-electron chi connectivity index (χ4n) is 4.72. The second-order valence-electron chi connectivity index (χ2n) is 16.4. The number of pyridine rings is 2. The van der Waals surface area contributed by atoms with Crippen molar-refractivity contribution in [2.24, 2.45) is 0 Å². The average molecular weight is 3950 g/mol. The maximum atomic E-state index is 11.8. The summed E-state index contributed by atoms with van der Waals surface area (Å²) in [6, 6.07) is 22.6. The summed E-state index contributed by atoms with van der Waals surface area (Å²) in [7, 11) is 171. The van der Waals surface area contributed by atoms with Crippen LogP contribution < -0.4 is 20.5 Å². The summed E-state index contributed by atoms with van der Waals surface area (Å²) >= 11 is 26.0. The number of ether oxygens (including phenoxy) is 2. The van der Waals surface area contributed by atoms with Crippen LogP contribution in [0.4, 0.5) is 11.4 Å². The van der Waals surface area contributed by atoms with E-state index in [1.807, 2.05) is 678 Å². The zero-order valence-corrected chi connectivity index (χ0v) is 151. The molecule has 0 aliphatic carbocycles. The number of nitrogens with zero attached hydrogens (tertiary/aromatic N) is 2. The van der Waals surface area contributed by atoms with Crippen LogP contribution >= 0.6 is 31.9 Å². The molecule has 0 unspecified atom stereocenters. The van der Waals surface area contributed by atoms with Crippen molar-refractivity contribution in [1.29, 1.82) is 0 Å². The van der Waals surface area contributed by atoms with Gasteiger partial charge in [-0.3, -0.25) is 19.6 Å². The molecule has 9 nitrogen and oxygen atoms in total. The van der Waals surface area contributed by atoms with Gasteiger partial charge in [0.2, 0.25) is 5.91 Å². The number of nitrogens with two attached hydrogens (primary N) is 1. The summed E-state index contributed by atoms with van der Waals surface area (Å²) in [6.45, 7) is 4.98. The SMILES string of the molecule is Cc1cc(N)ccn1.Cc1cc(NC(=O)CCCCOc2cccc(Br)c2)ccn1.O=C(O)CCCCOc1cccc(Br)c1.S=S=S=S=S=S=S=S=S=S=S=S=S=S=S=S=S=S=S=S=S=S=S=S=S=S=S=S=S=S=S=S=S=S=S=S=S=S=S=S=S=S=S.S=S=S=S=S=S=S=S=S=S=S=S=S=S=S=S=S=S=S=S=S=S=S=S=S=S=S=S=S=S=S=S=S=S=S=S=S=S=S=S=S=S=S=S=S=S=S=S=S=S=S=S=S=S=S=S=S. The molecule has 0 saturated carbocycles. The number of aromatic nitrogens is 2. The first kappa shape index (κ1) is 163. The number of carboxylic acids is 1. The number of anilines is 2. The minimum absolute atomic E-state index is 0.0213. The van der Waals surface area contributed by atoms with Crippen molar-refractivity contribution in [3.05, 3.63) is 106 Å². The highest BCUT2D eigenvalue weighted by molar-refractivity contribution is 9.11. The zero-order chi connectivity index (χ0) is 105.